The van der Waals surface area contributed by atoms with Gasteiger partial charge in [0.1, 0.15) is 13.2 Å². The lowest BCUT2D eigenvalue weighted by atomic mass is 10.0. The number of allylic oxidation sites excluding steroid dienone is 12. The molecular weight excluding hydrogens is 865 g/mol. The number of esters is 3. The molecule has 0 rings (SSSR count). The van der Waals surface area contributed by atoms with Gasteiger partial charge in [-0.05, 0) is 89.9 Å². The second kappa shape index (κ2) is 58.4. The van der Waals surface area contributed by atoms with Crippen LogP contribution in [-0.2, 0) is 28.6 Å². The van der Waals surface area contributed by atoms with E-state index in [1.807, 2.05) is 0 Å². The standard InChI is InChI=1S/C64H112O6/c1-4-7-10-13-15-17-19-21-23-25-26-27-28-29-30-31-32-33-34-35-36-37-38-39-41-42-44-46-48-51-54-57-63(66)69-60-61(59-68-62(65)56-53-50-12-9-6-3)70-64(67)58-55-52-49-47-45-43-40-24-22-20-18-16-14-11-8-5-2/h7,10,15,17,21,23-24,26-27,29-30,40,61H,4-6,8-9,11-14,16,18-20,22,25,28,31-39,41-60H2,1-3H3/b10-7-,17-15-,23-21-,27-26-,30-29-,40-24-. The molecular formula is C64H112O6. The first kappa shape index (κ1) is 66.9. The lowest BCUT2D eigenvalue weighted by molar-refractivity contribution is -0.167. The summed E-state index contributed by atoms with van der Waals surface area (Å²) < 4.78 is 16.7. The molecule has 0 radical (unpaired) electrons. The van der Waals surface area contributed by atoms with Crippen LogP contribution in [0.4, 0.5) is 0 Å². The molecule has 70 heavy (non-hydrogen) atoms. The molecule has 0 N–H and O–H groups in total. The molecule has 0 aromatic carbocycles. The predicted molar refractivity (Wildman–Crippen MR) is 302 cm³/mol. The van der Waals surface area contributed by atoms with Crippen LogP contribution in [0.1, 0.15) is 297 Å². The number of ether oxygens (including phenoxy) is 3. The van der Waals surface area contributed by atoms with Crippen molar-refractivity contribution < 1.29 is 28.6 Å². The van der Waals surface area contributed by atoms with Crippen LogP contribution in [0.25, 0.3) is 0 Å². The quantitative estimate of drug-likeness (QED) is 0.0261. The van der Waals surface area contributed by atoms with E-state index in [1.165, 1.54) is 154 Å². The van der Waals surface area contributed by atoms with Gasteiger partial charge in [0.15, 0.2) is 6.10 Å². The fourth-order valence-electron chi connectivity index (χ4n) is 8.47. The maximum absolute atomic E-state index is 12.8. The Morgan fingerprint density at radius 1 is 0.300 bits per heavy atom. The first-order chi connectivity index (χ1) is 34.5. The maximum Gasteiger partial charge on any atom is 0.306 e. The second-order valence-corrected chi connectivity index (χ2v) is 19.9. The van der Waals surface area contributed by atoms with Gasteiger partial charge in [0.05, 0.1) is 0 Å². The van der Waals surface area contributed by atoms with E-state index < -0.39 is 6.10 Å². The molecule has 0 aliphatic heterocycles. The third-order valence-corrected chi connectivity index (χ3v) is 12.9. The van der Waals surface area contributed by atoms with Crippen molar-refractivity contribution in [2.24, 2.45) is 0 Å². The summed E-state index contributed by atoms with van der Waals surface area (Å²) in [6.07, 6.45) is 75.3. The van der Waals surface area contributed by atoms with Gasteiger partial charge < -0.3 is 14.2 Å². The molecule has 1 unspecified atom stereocenters. The van der Waals surface area contributed by atoms with E-state index in [0.717, 1.165) is 103 Å². The van der Waals surface area contributed by atoms with Gasteiger partial charge in [-0.15, -0.1) is 0 Å². The van der Waals surface area contributed by atoms with Crippen LogP contribution in [0.2, 0.25) is 0 Å². The lowest BCUT2D eigenvalue weighted by Gasteiger charge is -2.18. The van der Waals surface area contributed by atoms with Gasteiger partial charge in [0, 0.05) is 19.3 Å². The van der Waals surface area contributed by atoms with E-state index in [9.17, 15) is 14.4 Å². The molecule has 0 fully saturated rings. The average Bonchev–Trinajstić information content (AvgIpc) is 3.36. The zero-order chi connectivity index (χ0) is 50.7. The fraction of sp³-hybridized carbons (Fsp3) is 0.766. The van der Waals surface area contributed by atoms with Crippen LogP contribution in [0.15, 0.2) is 72.9 Å². The van der Waals surface area contributed by atoms with Gasteiger partial charge >= 0.3 is 17.9 Å². The molecule has 0 aromatic heterocycles. The van der Waals surface area contributed by atoms with Crippen molar-refractivity contribution in [2.45, 2.75) is 303 Å². The van der Waals surface area contributed by atoms with Crippen molar-refractivity contribution >= 4 is 17.9 Å². The molecule has 0 bridgehead atoms. The molecule has 0 aliphatic carbocycles. The Hall–Kier alpha value is -3.15. The Kier molecular flexibility index (Phi) is 55.8. The minimum Gasteiger partial charge on any atom is -0.462 e. The number of carbonyl (C=O) groups excluding carboxylic acids is 3. The summed E-state index contributed by atoms with van der Waals surface area (Å²) in [6.45, 7) is 6.45. The van der Waals surface area contributed by atoms with Crippen LogP contribution >= 0.6 is 0 Å². The normalized spacial score (nSPS) is 12.6. The third-order valence-electron chi connectivity index (χ3n) is 12.9. The van der Waals surface area contributed by atoms with Crippen LogP contribution in [0.5, 0.6) is 0 Å². The summed E-state index contributed by atoms with van der Waals surface area (Å²) in [4.78, 5) is 37.8. The highest BCUT2D eigenvalue weighted by atomic mass is 16.6. The molecule has 0 heterocycles. The second-order valence-electron chi connectivity index (χ2n) is 19.9. The zero-order valence-corrected chi connectivity index (χ0v) is 46.3. The Morgan fingerprint density at radius 2 is 0.557 bits per heavy atom. The SMILES string of the molecule is CC/C=C\C/C=C\C/C=C\C/C=C\C/C=C\CCCCCCCCCCCCCCCCCC(=O)OCC(COC(=O)CCCCCCC)OC(=O)CCCCCCC/C=C\CCCCCCCCC. The summed E-state index contributed by atoms with van der Waals surface area (Å²) in [5.74, 6) is -0.890. The molecule has 0 saturated carbocycles. The van der Waals surface area contributed by atoms with Crippen molar-refractivity contribution in [3.05, 3.63) is 72.9 Å². The fourth-order valence-corrected chi connectivity index (χ4v) is 8.47. The van der Waals surface area contributed by atoms with Crippen molar-refractivity contribution in [3.8, 4) is 0 Å². The van der Waals surface area contributed by atoms with Crippen molar-refractivity contribution in [1.82, 2.24) is 0 Å². The summed E-state index contributed by atoms with van der Waals surface area (Å²) in [5.41, 5.74) is 0. The summed E-state index contributed by atoms with van der Waals surface area (Å²) in [7, 11) is 0. The molecule has 0 saturated heterocycles. The summed E-state index contributed by atoms with van der Waals surface area (Å²) in [6, 6.07) is 0. The molecule has 0 amide bonds. The van der Waals surface area contributed by atoms with Crippen LogP contribution in [-0.4, -0.2) is 37.2 Å². The van der Waals surface area contributed by atoms with E-state index in [-0.39, 0.29) is 31.1 Å². The number of hydrogen-bond acceptors (Lipinski definition) is 6. The van der Waals surface area contributed by atoms with Crippen LogP contribution in [0.3, 0.4) is 0 Å². The average molecular weight is 978 g/mol. The lowest BCUT2D eigenvalue weighted by Crippen LogP contribution is -2.30. The number of rotatable bonds is 54. The van der Waals surface area contributed by atoms with Crippen molar-refractivity contribution in [2.75, 3.05) is 13.2 Å². The Bertz CT molecular complexity index is 1310. The van der Waals surface area contributed by atoms with Crippen LogP contribution in [0, 0.1) is 0 Å². The van der Waals surface area contributed by atoms with E-state index in [2.05, 4.69) is 93.7 Å². The minimum atomic E-state index is -0.774. The van der Waals surface area contributed by atoms with E-state index in [4.69, 9.17) is 14.2 Å². The van der Waals surface area contributed by atoms with E-state index >= 15 is 0 Å². The molecule has 404 valence electrons. The first-order valence-electron chi connectivity index (χ1n) is 29.9. The smallest absolute Gasteiger partial charge is 0.306 e. The number of unbranched alkanes of at least 4 members (excludes halogenated alkanes) is 31. The highest BCUT2D eigenvalue weighted by Crippen LogP contribution is 2.16. The zero-order valence-electron chi connectivity index (χ0n) is 46.3. The van der Waals surface area contributed by atoms with Gasteiger partial charge in [-0.1, -0.05) is 261 Å². The van der Waals surface area contributed by atoms with Gasteiger partial charge in [0.25, 0.3) is 0 Å². The summed E-state index contributed by atoms with van der Waals surface area (Å²) in [5, 5.41) is 0. The van der Waals surface area contributed by atoms with E-state index in [1.54, 1.807) is 0 Å². The van der Waals surface area contributed by atoms with Crippen molar-refractivity contribution in [1.29, 1.82) is 0 Å². The Morgan fingerprint density at radius 3 is 0.886 bits per heavy atom. The first-order valence-corrected chi connectivity index (χ1v) is 29.9. The molecule has 0 aliphatic rings. The molecule has 6 nitrogen and oxygen atoms in total. The Balaban J connectivity index is 3.99. The van der Waals surface area contributed by atoms with Gasteiger partial charge in [-0.2, -0.15) is 0 Å². The van der Waals surface area contributed by atoms with Gasteiger partial charge in [0.2, 0.25) is 0 Å². The number of carbonyl (C=O) groups is 3. The Labute approximate surface area is 433 Å². The molecule has 0 aromatic rings. The highest BCUT2D eigenvalue weighted by molar-refractivity contribution is 5.71. The minimum absolute atomic E-state index is 0.0761. The van der Waals surface area contributed by atoms with Gasteiger partial charge in [-0.3, -0.25) is 14.4 Å². The molecule has 1 atom stereocenters. The van der Waals surface area contributed by atoms with Gasteiger partial charge in [-0.25, -0.2) is 0 Å². The third kappa shape index (κ3) is 55.8. The topological polar surface area (TPSA) is 78.9 Å². The maximum atomic E-state index is 12.8. The number of hydrogen-bond donors (Lipinski definition) is 0. The molecule has 6 heteroatoms. The largest absolute Gasteiger partial charge is 0.462 e. The summed E-state index contributed by atoms with van der Waals surface area (Å²) >= 11 is 0. The van der Waals surface area contributed by atoms with Crippen molar-refractivity contribution in [3.63, 3.8) is 0 Å². The van der Waals surface area contributed by atoms with Crippen LogP contribution < -0.4 is 0 Å². The molecule has 0 spiro atoms. The monoisotopic (exact) mass is 977 g/mol. The predicted octanol–water partition coefficient (Wildman–Crippen LogP) is 20.2. The van der Waals surface area contributed by atoms with E-state index in [0.29, 0.717) is 19.3 Å². The highest BCUT2D eigenvalue weighted by Gasteiger charge is 2.19.